The first-order chi connectivity index (χ1) is 12.5. The summed E-state index contributed by atoms with van der Waals surface area (Å²) < 4.78 is 5.18. The molecular weight excluding hydrogens is 334 g/mol. The van der Waals surface area contributed by atoms with Crippen LogP contribution in [-0.4, -0.2) is 30.5 Å². The van der Waals surface area contributed by atoms with Crippen LogP contribution in [0.15, 0.2) is 42.5 Å². The summed E-state index contributed by atoms with van der Waals surface area (Å²) in [5.74, 6) is 0.144. The second-order valence-electron chi connectivity index (χ2n) is 6.46. The molecule has 0 bridgehead atoms. The Morgan fingerprint density at radius 1 is 1.27 bits per heavy atom. The number of nitro benzene ring substituents is 1. The smallest absolute Gasteiger partial charge is 0.282 e. The van der Waals surface area contributed by atoms with Crippen molar-refractivity contribution in [2.45, 2.75) is 25.9 Å². The minimum Gasteiger partial charge on any atom is -0.494 e. The predicted molar refractivity (Wildman–Crippen MR) is 97.4 cm³/mol. The maximum atomic E-state index is 12.7. The normalized spacial score (nSPS) is 17.1. The first kappa shape index (κ1) is 17.9. The van der Waals surface area contributed by atoms with Crippen LogP contribution >= 0.6 is 0 Å². The second kappa shape index (κ2) is 7.53. The van der Waals surface area contributed by atoms with Crippen LogP contribution in [0.4, 0.5) is 11.4 Å². The number of fused-ring (bicyclic) bond motifs is 1. The van der Waals surface area contributed by atoms with Crippen molar-refractivity contribution in [1.82, 2.24) is 0 Å². The molecule has 0 aliphatic carbocycles. The van der Waals surface area contributed by atoms with Crippen molar-refractivity contribution in [2.24, 2.45) is 0 Å². The fraction of sp³-hybridized carbons (Fsp3) is 0.316. The van der Waals surface area contributed by atoms with E-state index in [2.05, 4.69) is 17.4 Å². The Morgan fingerprint density at radius 3 is 2.69 bits per heavy atom. The lowest BCUT2D eigenvalue weighted by Crippen LogP contribution is -3.16. The number of nitrogens with zero attached hydrogens (tertiary/aromatic N) is 1. The molecule has 0 fully saturated rings. The van der Waals surface area contributed by atoms with Crippen LogP contribution in [0.2, 0.25) is 0 Å². The van der Waals surface area contributed by atoms with Gasteiger partial charge >= 0.3 is 0 Å². The average molecular weight is 356 g/mol. The molecule has 7 heteroatoms. The Bertz CT molecular complexity index is 837. The summed E-state index contributed by atoms with van der Waals surface area (Å²) in [4.78, 5) is 24.3. The van der Waals surface area contributed by atoms with Crippen molar-refractivity contribution in [1.29, 1.82) is 0 Å². The number of hydrogen-bond donors (Lipinski definition) is 2. The topological polar surface area (TPSA) is 85.9 Å². The fourth-order valence-corrected chi connectivity index (χ4v) is 3.29. The Labute approximate surface area is 151 Å². The van der Waals surface area contributed by atoms with Gasteiger partial charge < -0.3 is 15.0 Å². The number of nitro groups is 1. The van der Waals surface area contributed by atoms with Gasteiger partial charge in [0.15, 0.2) is 6.04 Å². The molecule has 2 aromatic rings. The number of methoxy groups -OCH3 is 1. The molecule has 2 N–H and O–H groups in total. The summed E-state index contributed by atoms with van der Waals surface area (Å²) in [7, 11) is 1.42. The molecule has 0 aromatic heterocycles. The molecule has 2 atom stereocenters. The van der Waals surface area contributed by atoms with Crippen molar-refractivity contribution < 1.29 is 19.4 Å². The number of quaternary nitrogens is 1. The number of amides is 1. The van der Waals surface area contributed by atoms with E-state index in [9.17, 15) is 14.9 Å². The van der Waals surface area contributed by atoms with Crippen LogP contribution < -0.4 is 15.0 Å². The van der Waals surface area contributed by atoms with E-state index in [0.717, 1.165) is 19.5 Å². The number of carbonyl (C=O) groups excluding carboxylic acids is 1. The minimum absolute atomic E-state index is 0.0776. The molecule has 1 amide bonds. The van der Waals surface area contributed by atoms with E-state index in [4.69, 9.17) is 4.74 Å². The number of ether oxygens (including phenoxy) is 1. The largest absolute Gasteiger partial charge is 0.494 e. The van der Waals surface area contributed by atoms with Crippen molar-refractivity contribution >= 4 is 17.3 Å². The van der Waals surface area contributed by atoms with E-state index in [1.54, 1.807) is 0 Å². The highest BCUT2D eigenvalue weighted by Crippen LogP contribution is 2.29. The Hall–Kier alpha value is -2.93. The zero-order valence-electron chi connectivity index (χ0n) is 14.8. The SMILES string of the molecule is COc1cc([N+](=O)[O-])ccc1NC(=O)[C@H](C)[NH+]1CCc2ccccc2C1. The van der Waals surface area contributed by atoms with Crippen molar-refractivity contribution in [3.63, 3.8) is 0 Å². The quantitative estimate of drug-likeness (QED) is 0.629. The lowest BCUT2D eigenvalue weighted by Gasteiger charge is -2.30. The van der Waals surface area contributed by atoms with Gasteiger partial charge in [0, 0.05) is 18.1 Å². The molecule has 1 heterocycles. The molecule has 0 saturated heterocycles. The first-order valence-corrected chi connectivity index (χ1v) is 8.54. The first-order valence-electron chi connectivity index (χ1n) is 8.54. The van der Waals surface area contributed by atoms with Gasteiger partial charge in [0.25, 0.3) is 11.6 Å². The molecule has 3 rings (SSSR count). The average Bonchev–Trinajstić information content (AvgIpc) is 2.67. The van der Waals surface area contributed by atoms with Crippen LogP contribution in [0.3, 0.4) is 0 Å². The molecule has 1 unspecified atom stereocenters. The summed E-state index contributed by atoms with van der Waals surface area (Å²) in [6.45, 7) is 3.60. The lowest BCUT2D eigenvalue weighted by molar-refractivity contribution is -0.929. The van der Waals surface area contributed by atoms with Gasteiger partial charge in [-0.05, 0) is 18.6 Å². The number of hydrogen-bond acceptors (Lipinski definition) is 4. The van der Waals surface area contributed by atoms with Gasteiger partial charge in [0.1, 0.15) is 12.3 Å². The molecule has 0 spiro atoms. The maximum absolute atomic E-state index is 12.7. The number of rotatable bonds is 5. The van der Waals surface area contributed by atoms with Crippen molar-refractivity contribution in [3.8, 4) is 5.75 Å². The monoisotopic (exact) mass is 356 g/mol. The summed E-state index contributed by atoms with van der Waals surface area (Å²) in [5, 5.41) is 13.7. The Morgan fingerprint density at radius 2 is 2.00 bits per heavy atom. The summed E-state index contributed by atoms with van der Waals surface area (Å²) >= 11 is 0. The molecule has 1 aliphatic rings. The fourth-order valence-electron chi connectivity index (χ4n) is 3.29. The maximum Gasteiger partial charge on any atom is 0.282 e. The number of carbonyl (C=O) groups is 1. The molecule has 26 heavy (non-hydrogen) atoms. The molecule has 0 radical (unpaired) electrons. The summed E-state index contributed by atoms with van der Waals surface area (Å²) in [6, 6.07) is 12.2. The zero-order valence-corrected chi connectivity index (χ0v) is 14.8. The predicted octanol–water partition coefficient (Wildman–Crippen LogP) is 1.57. The van der Waals surface area contributed by atoms with E-state index in [0.29, 0.717) is 5.69 Å². The van der Waals surface area contributed by atoms with Crippen molar-refractivity contribution in [2.75, 3.05) is 19.0 Å². The number of anilines is 1. The molecule has 0 saturated carbocycles. The summed E-state index contributed by atoms with van der Waals surface area (Å²) in [5.41, 5.74) is 2.99. The molecule has 7 nitrogen and oxygen atoms in total. The van der Waals surface area contributed by atoms with Gasteiger partial charge in [0.05, 0.1) is 30.3 Å². The lowest BCUT2D eigenvalue weighted by atomic mass is 9.99. The highest BCUT2D eigenvalue weighted by Gasteiger charge is 2.29. The van der Waals surface area contributed by atoms with Gasteiger partial charge in [0.2, 0.25) is 0 Å². The Kier molecular flexibility index (Phi) is 5.18. The molecule has 2 aromatic carbocycles. The number of nitrogens with one attached hydrogen (secondary N) is 2. The number of non-ortho nitro benzene ring substituents is 1. The van der Waals surface area contributed by atoms with Crippen LogP contribution in [0.25, 0.3) is 0 Å². The van der Waals surface area contributed by atoms with Crippen LogP contribution in [0.5, 0.6) is 5.75 Å². The minimum atomic E-state index is -0.494. The highest BCUT2D eigenvalue weighted by atomic mass is 16.6. The molecular formula is C19H22N3O4+. The van der Waals surface area contributed by atoms with Gasteiger partial charge in [-0.1, -0.05) is 24.3 Å². The molecule has 136 valence electrons. The van der Waals surface area contributed by atoms with Gasteiger partial charge in [-0.25, -0.2) is 0 Å². The van der Waals surface area contributed by atoms with E-state index in [1.165, 1.54) is 41.3 Å². The van der Waals surface area contributed by atoms with Gasteiger partial charge in [-0.3, -0.25) is 14.9 Å². The molecule has 1 aliphatic heterocycles. The standard InChI is InChI=1S/C19H21N3O4/c1-13(21-10-9-14-5-3-4-6-15(14)12-21)19(23)20-17-8-7-16(22(24)25)11-18(17)26-2/h3-8,11,13H,9-10,12H2,1-2H3,(H,20,23)/p+1/t13-/m0/s1. The zero-order chi connectivity index (χ0) is 18.7. The summed E-state index contributed by atoms with van der Waals surface area (Å²) in [6.07, 6.45) is 0.948. The third-order valence-electron chi connectivity index (χ3n) is 4.91. The third kappa shape index (κ3) is 3.67. The number of benzene rings is 2. The van der Waals surface area contributed by atoms with Crippen LogP contribution in [0, 0.1) is 10.1 Å². The van der Waals surface area contributed by atoms with Gasteiger partial charge in [-0.2, -0.15) is 0 Å². The van der Waals surface area contributed by atoms with E-state index < -0.39 is 4.92 Å². The van der Waals surface area contributed by atoms with Crippen LogP contribution in [-0.2, 0) is 17.8 Å². The van der Waals surface area contributed by atoms with E-state index in [1.807, 2.05) is 19.1 Å². The third-order valence-corrected chi connectivity index (χ3v) is 4.91. The second-order valence-corrected chi connectivity index (χ2v) is 6.46. The van der Waals surface area contributed by atoms with E-state index >= 15 is 0 Å². The van der Waals surface area contributed by atoms with Crippen molar-refractivity contribution in [3.05, 3.63) is 63.7 Å². The van der Waals surface area contributed by atoms with Crippen LogP contribution in [0.1, 0.15) is 18.1 Å². The highest BCUT2D eigenvalue weighted by molar-refractivity contribution is 5.95. The van der Waals surface area contributed by atoms with Gasteiger partial charge in [-0.15, -0.1) is 0 Å². The Balaban J connectivity index is 1.71. The van der Waals surface area contributed by atoms with E-state index in [-0.39, 0.29) is 23.4 Å².